The van der Waals surface area contributed by atoms with Crippen molar-refractivity contribution in [3.8, 4) is 0 Å². The first kappa shape index (κ1) is 14.1. The van der Waals surface area contributed by atoms with Gasteiger partial charge in [0.25, 0.3) is 5.56 Å². The van der Waals surface area contributed by atoms with Crippen molar-refractivity contribution >= 4 is 6.09 Å². The van der Waals surface area contributed by atoms with E-state index >= 15 is 0 Å². The van der Waals surface area contributed by atoms with Crippen LogP contribution in [0.15, 0.2) is 4.79 Å². The van der Waals surface area contributed by atoms with Gasteiger partial charge in [0.05, 0.1) is 17.8 Å². The Morgan fingerprint density at radius 1 is 1.38 bits per heavy atom. The third-order valence-electron chi connectivity index (χ3n) is 3.70. The fraction of sp³-hybridized carbons (Fsp3) is 0.667. The second-order valence-electron chi connectivity index (χ2n) is 6.80. The molecule has 0 aromatic carbocycles. The first-order chi connectivity index (χ1) is 9.83. The van der Waals surface area contributed by atoms with Crippen molar-refractivity contribution in [2.45, 2.75) is 58.1 Å². The summed E-state index contributed by atoms with van der Waals surface area (Å²) in [6, 6.07) is 0. The quantitative estimate of drug-likeness (QED) is 0.858. The van der Waals surface area contributed by atoms with Crippen LogP contribution >= 0.6 is 0 Å². The predicted molar refractivity (Wildman–Crippen MR) is 77.2 cm³/mol. The summed E-state index contributed by atoms with van der Waals surface area (Å²) in [4.78, 5) is 33.3. The van der Waals surface area contributed by atoms with Crippen LogP contribution < -0.4 is 5.56 Å². The number of ether oxygens (including phenoxy) is 1. The lowest BCUT2D eigenvalue weighted by atomic mass is 10.1. The Kier molecular flexibility index (Phi) is 3.26. The Balaban J connectivity index is 1.79. The van der Waals surface area contributed by atoms with E-state index in [-0.39, 0.29) is 18.2 Å². The van der Waals surface area contributed by atoms with E-state index in [0.717, 1.165) is 24.4 Å². The van der Waals surface area contributed by atoms with E-state index in [9.17, 15) is 9.59 Å². The Morgan fingerprint density at radius 3 is 2.71 bits per heavy atom. The van der Waals surface area contributed by atoms with Crippen molar-refractivity contribution in [2.75, 3.05) is 6.54 Å². The van der Waals surface area contributed by atoms with Crippen LogP contribution in [0, 0.1) is 0 Å². The molecule has 21 heavy (non-hydrogen) atoms. The van der Waals surface area contributed by atoms with Gasteiger partial charge in [0.2, 0.25) is 0 Å². The number of amides is 1. The maximum Gasteiger partial charge on any atom is 0.410 e. The average Bonchev–Trinajstić information content (AvgIpc) is 3.20. The number of nitrogens with zero attached hydrogens (tertiary/aromatic N) is 2. The van der Waals surface area contributed by atoms with Gasteiger partial charge in [-0.1, -0.05) is 0 Å². The number of nitrogens with one attached hydrogen (secondary N) is 1. The molecule has 0 unspecified atom stereocenters. The number of aromatic nitrogens is 2. The summed E-state index contributed by atoms with van der Waals surface area (Å²) >= 11 is 0. The van der Waals surface area contributed by atoms with Gasteiger partial charge in [-0.25, -0.2) is 9.78 Å². The number of fused-ring (bicyclic) bond motifs is 1. The molecule has 1 fully saturated rings. The molecule has 2 heterocycles. The van der Waals surface area contributed by atoms with Gasteiger partial charge in [-0.05, 0) is 33.6 Å². The van der Waals surface area contributed by atoms with Crippen LogP contribution in [0.25, 0.3) is 0 Å². The maximum atomic E-state index is 12.2. The lowest BCUT2D eigenvalue weighted by Gasteiger charge is -2.30. The summed E-state index contributed by atoms with van der Waals surface area (Å²) in [7, 11) is 0. The number of aromatic amines is 1. The van der Waals surface area contributed by atoms with Crippen molar-refractivity contribution in [3.63, 3.8) is 0 Å². The molecule has 6 heteroatoms. The van der Waals surface area contributed by atoms with E-state index in [4.69, 9.17) is 4.74 Å². The Hall–Kier alpha value is -1.85. The summed E-state index contributed by atoms with van der Waals surface area (Å²) in [6.07, 6.45) is 2.44. The molecule has 1 aliphatic heterocycles. The minimum Gasteiger partial charge on any atom is -0.444 e. The van der Waals surface area contributed by atoms with Crippen molar-refractivity contribution < 1.29 is 9.53 Å². The molecule has 0 atom stereocenters. The van der Waals surface area contributed by atoms with Crippen LogP contribution in [0.5, 0.6) is 0 Å². The molecule has 114 valence electrons. The number of carbonyl (C=O) groups is 1. The van der Waals surface area contributed by atoms with Gasteiger partial charge < -0.3 is 14.6 Å². The molecule has 1 aliphatic carbocycles. The molecule has 1 saturated carbocycles. The molecule has 1 aromatic rings. The molecule has 2 aliphatic rings. The second-order valence-corrected chi connectivity index (χ2v) is 6.80. The molecule has 3 rings (SSSR count). The molecule has 0 radical (unpaired) electrons. The van der Waals surface area contributed by atoms with E-state index in [1.54, 1.807) is 4.90 Å². The summed E-state index contributed by atoms with van der Waals surface area (Å²) < 4.78 is 5.36. The lowest BCUT2D eigenvalue weighted by molar-refractivity contribution is 0.0221. The molecule has 1 aromatic heterocycles. The van der Waals surface area contributed by atoms with E-state index in [1.165, 1.54) is 0 Å². The van der Waals surface area contributed by atoms with Gasteiger partial charge >= 0.3 is 6.09 Å². The van der Waals surface area contributed by atoms with Crippen molar-refractivity contribution in [2.24, 2.45) is 0 Å². The zero-order chi connectivity index (χ0) is 15.2. The highest BCUT2D eigenvalue weighted by Crippen LogP contribution is 2.37. The number of rotatable bonds is 1. The third-order valence-corrected chi connectivity index (χ3v) is 3.70. The summed E-state index contributed by atoms with van der Waals surface area (Å²) in [5.74, 6) is 1.23. The van der Waals surface area contributed by atoms with Crippen molar-refractivity contribution in [1.82, 2.24) is 14.9 Å². The predicted octanol–water partition coefficient (Wildman–Crippen LogP) is 1.94. The van der Waals surface area contributed by atoms with Crippen LogP contribution in [0.2, 0.25) is 0 Å². The Bertz CT molecular complexity index is 626. The first-order valence-corrected chi connectivity index (χ1v) is 7.43. The van der Waals surface area contributed by atoms with E-state index in [2.05, 4.69) is 9.97 Å². The molecule has 1 N–H and O–H groups in total. The highest BCUT2D eigenvalue weighted by Gasteiger charge is 2.31. The topological polar surface area (TPSA) is 75.3 Å². The van der Waals surface area contributed by atoms with Crippen LogP contribution in [-0.2, 0) is 17.7 Å². The van der Waals surface area contributed by atoms with Crippen molar-refractivity contribution in [3.05, 3.63) is 27.4 Å². The Morgan fingerprint density at radius 2 is 2.10 bits per heavy atom. The minimum absolute atomic E-state index is 0.116. The van der Waals surface area contributed by atoms with Gasteiger partial charge in [0.15, 0.2) is 0 Å². The molecule has 1 amide bonds. The molecule has 0 bridgehead atoms. The minimum atomic E-state index is -0.530. The molecule has 0 spiro atoms. The monoisotopic (exact) mass is 291 g/mol. The number of hydrogen-bond donors (Lipinski definition) is 1. The van der Waals surface area contributed by atoms with E-state index in [0.29, 0.717) is 24.4 Å². The SMILES string of the molecule is CC(C)(C)OC(=O)N1CCc2nc(C3CC3)[nH]c(=O)c2C1. The lowest BCUT2D eigenvalue weighted by Crippen LogP contribution is -2.42. The summed E-state index contributed by atoms with van der Waals surface area (Å²) in [6.45, 7) is 6.32. The highest BCUT2D eigenvalue weighted by atomic mass is 16.6. The first-order valence-electron chi connectivity index (χ1n) is 7.43. The maximum absolute atomic E-state index is 12.2. The summed E-state index contributed by atoms with van der Waals surface area (Å²) in [5, 5.41) is 0. The summed E-state index contributed by atoms with van der Waals surface area (Å²) in [5.41, 5.74) is 0.782. The van der Waals surface area contributed by atoms with Crippen LogP contribution in [0.1, 0.15) is 56.6 Å². The number of carbonyl (C=O) groups excluding carboxylic acids is 1. The molecule has 0 saturated heterocycles. The third kappa shape index (κ3) is 3.09. The largest absolute Gasteiger partial charge is 0.444 e. The number of hydrogen-bond acceptors (Lipinski definition) is 4. The number of H-pyrrole nitrogens is 1. The normalized spacial score (nSPS) is 18.3. The van der Waals surface area contributed by atoms with Crippen LogP contribution in [0.3, 0.4) is 0 Å². The standard InChI is InChI=1S/C15H21N3O3/c1-15(2,3)21-14(20)18-7-6-11-10(8-18)13(19)17-12(16-11)9-4-5-9/h9H,4-8H2,1-3H3,(H,16,17,19). The van der Waals surface area contributed by atoms with Gasteiger partial charge in [0, 0.05) is 18.9 Å². The zero-order valence-corrected chi connectivity index (χ0v) is 12.7. The Labute approximate surface area is 123 Å². The van der Waals surface area contributed by atoms with Gasteiger partial charge in [0.1, 0.15) is 11.4 Å². The second kappa shape index (κ2) is 4.86. The molecule has 6 nitrogen and oxygen atoms in total. The van der Waals surface area contributed by atoms with Crippen LogP contribution in [0.4, 0.5) is 4.79 Å². The van der Waals surface area contributed by atoms with Crippen LogP contribution in [-0.4, -0.2) is 33.1 Å². The molecular formula is C15H21N3O3. The fourth-order valence-electron chi connectivity index (χ4n) is 2.48. The zero-order valence-electron chi connectivity index (χ0n) is 12.7. The highest BCUT2D eigenvalue weighted by molar-refractivity contribution is 5.68. The van der Waals surface area contributed by atoms with Gasteiger partial charge in [-0.15, -0.1) is 0 Å². The van der Waals surface area contributed by atoms with Gasteiger partial charge in [-0.2, -0.15) is 0 Å². The van der Waals surface area contributed by atoms with E-state index < -0.39 is 5.60 Å². The average molecular weight is 291 g/mol. The fourth-order valence-corrected chi connectivity index (χ4v) is 2.48. The van der Waals surface area contributed by atoms with E-state index in [1.807, 2.05) is 20.8 Å². The van der Waals surface area contributed by atoms with Crippen molar-refractivity contribution in [1.29, 1.82) is 0 Å². The van der Waals surface area contributed by atoms with Gasteiger partial charge in [-0.3, -0.25) is 4.79 Å². The molecular weight excluding hydrogens is 270 g/mol. The smallest absolute Gasteiger partial charge is 0.410 e.